The van der Waals surface area contributed by atoms with Crippen molar-refractivity contribution in [2.75, 3.05) is 0 Å². The highest BCUT2D eigenvalue weighted by Gasteiger charge is 2.27. The fraction of sp³-hybridized carbons (Fsp3) is 0.0667. The maximum absolute atomic E-state index is 6.00. The Kier molecular flexibility index (Phi) is 1.88. The molecule has 0 unspecified atom stereocenters. The molecule has 3 heteroatoms. The molecule has 0 bridgehead atoms. The number of allylic oxidation sites excluding steroid dienone is 5. The maximum atomic E-state index is 6.00. The fourth-order valence-electron chi connectivity index (χ4n) is 2.29. The average molecular weight is 234 g/mol. The maximum Gasteiger partial charge on any atom is 0.160 e. The van der Waals surface area contributed by atoms with Crippen molar-refractivity contribution in [1.29, 1.82) is 0 Å². The highest BCUT2D eigenvalue weighted by molar-refractivity contribution is 6.40. The van der Waals surface area contributed by atoms with E-state index in [0.717, 1.165) is 40.6 Å². The molecule has 0 aromatic heterocycles. The van der Waals surface area contributed by atoms with Crippen LogP contribution in [-0.4, -0.2) is 11.9 Å². The van der Waals surface area contributed by atoms with Gasteiger partial charge in [-0.15, -0.1) is 0 Å². The van der Waals surface area contributed by atoms with E-state index >= 15 is 0 Å². The van der Waals surface area contributed by atoms with Crippen LogP contribution in [0.1, 0.15) is 6.42 Å². The Labute approximate surface area is 105 Å². The van der Waals surface area contributed by atoms with Crippen LogP contribution in [-0.2, 0) is 0 Å². The third-order valence-corrected chi connectivity index (χ3v) is 3.17. The molecule has 3 nitrogen and oxygen atoms in total. The molecular formula is C15H10N2O. The summed E-state index contributed by atoms with van der Waals surface area (Å²) in [6.45, 7) is 0. The quantitative estimate of drug-likeness (QED) is 0.677. The first kappa shape index (κ1) is 9.59. The van der Waals surface area contributed by atoms with E-state index in [4.69, 9.17) is 4.74 Å². The largest absolute Gasteiger partial charge is 0.452 e. The summed E-state index contributed by atoms with van der Waals surface area (Å²) in [5.74, 6) is 1.64. The summed E-state index contributed by atoms with van der Waals surface area (Å²) in [6.07, 6.45) is 8.80. The Morgan fingerprint density at radius 3 is 3.11 bits per heavy atom. The molecule has 18 heavy (non-hydrogen) atoms. The van der Waals surface area contributed by atoms with Crippen molar-refractivity contribution in [1.82, 2.24) is 0 Å². The van der Waals surface area contributed by atoms with Crippen LogP contribution in [0.2, 0.25) is 0 Å². The molecule has 4 rings (SSSR count). The molecule has 1 aliphatic carbocycles. The number of nitrogens with zero attached hydrogens (tertiary/aromatic N) is 2. The third-order valence-electron chi connectivity index (χ3n) is 3.17. The molecule has 3 aliphatic rings. The zero-order valence-corrected chi connectivity index (χ0v) is 9.63. The van der Waals surface area contributed by atoms with Crippen LogP contribution in [0.4, 0.5) is 5.69 Å². The molecule has 86 valence electrons. The lowest BCUT2D eigenvalue weighted by molar-refractivity contribution is 0.454. The standard InChI is InChI=1S/C15H10N2O/c1-2-6-11-10(5-1)15-13(17-11)9-16-12-7-3-4-8-14(12)18-15/h1-4,6-9H,5H2. The summed E-state index contributed by atoms with van der Waals surface area (Å²) in [5.41, 5.74) is 3.81. The van der Waals surface area contributed by atoms with Crippen LogP contribution in [0.25, 0.3) is 0 Å². The Balaban J connectivity index is 1.90. The summed E-state index contributed by atoms with van der Waals surface area (Å²) < 4.78 is 6.00. The van der Waals surface area contributed by atoms with E-state index in [1.165, 1.54) is 0 Å². The molecule has 2 aliphatic heterocycles. The average Bonchev–Trinajstić information content (AvgIpc) is 2.65. The van der Waals surface area contributed by atoms with Crippen molar-refractivity contribution in [3.05, 3.63) is 59.5 Å². The summed E-state index contributed by atoms with van der Waals surface area (Å²) >= 11 is 0. The minimum absolute atomic E-state index is 0.789. The predicted molar refractivity (Wildman–Crippen MR) is 71.5 cm³/mol. The van der Waals surface area contributed by atoms with Crippen molar-refractivity contribution in [2.45, 2.75) is 6.42 Å². The van der Waals surface area contributed by atoms with Gasteiger partial charge in [0.05, 0.1) is 11.9 Å². The van der Waals surface area contributed by atoms with Gasteiger partial charge in [-0.05, 0) is 24.6 Å². The number of fused-ring (bicyclic) bond motifs is 3. The topological polar surface area (TPSA) is 34.0 Å². The zero-order valence-electron chi connectivity index (χ0n) is 9.63. The van der Waals surface area contributed by atoms with E-state index in [0.29, 0.717) is 0 Å². The van der Waals surface area contributed by atoms with Gasteiger partial charge in [0, 0.05) is 5.57 Å². The van der Waals surface area contributed by atoms with Crippen molar-refractivity contribution in [3.63, 3.8) is 0 Å². The summed E-state index contributed by atoms with van der Waals surface area (Å²) in [7, 11) is 0. The van der Waals surface area contributed by atoms with Gasteiger partial charge in [0.2, 0.25) is 0 Å². The second-order valence-corrected chi connectivity index (χ2v) is 4.32. The van der Waals surface area contributed by atoms with Crippen molar-refractivity contribution in [3.8, 4) is 5.75 Å². The molecule has 2 heterocycles. The van der Waals surface area contributed by atoms with Gasteiger partial charge in [-0.3, -0.25) is 4.99 Å². The summed E-state index contributed by atoms with van der Waals surface area (Å²) in [6, 6.07) is 7.78. The van der Waals surface area contributed by atoms with Crippen LogP contribution in [0.3, 0.4) is 0 Å². The van der Waals surface area contributed by atoms with Crippen LogP contribution in [0, 0.1) is 0 Å². The Morgan fingerprint density at radius 1 is 1.17 bits per heavy atom. The second-order valence-electron chi connectivity index (χ2n) is 4.32. The number of benzene rings is 1. The summed E-state index contributed by atoms with van der Waals surface area (Å²) in [4.78, 5) is 8.98. The minimum Gasteiger partial charge on any atom is -0.452 e. The molecule has 0 fully saturated rings. The first-order valence-electron chi connectivity index (χ1n) is 5.92. The minimum atomic E-state index is 0.789. The van der Waals surface area contributed by atoms with Gasteiger partial charge in [0.15, 0.2) is 11.5 Å². The van der Waals surface area contributed by atoms with Gasteiger partial charge in [-0.1, -0.05) is 24.3 Å². The molecule has 0 spiro atoms. The highest BCUT2D eigenvalue weighted by atomic mass is 16.5. The van der Waals surface area contributed by atoms with Crippen LogP contribution in [0.5, 0.6) is 5.75 Å². The van der Waals surface area contributed by atoms with Crippen LogP contribution < -0.4 is 4.74 Å². The number of para-hydroxylation sites is 2. The molecule has 0 saturated carbocycles. The first-order chi connectivity index (χ1) is 8.92. The normalized spacial score (nSPS) is 19.3. The van der Waals surface area contributed by atoms with E-state index in [1.807, 2.05) is 36.4 Å². The van der Waals surface area contributed by atoms with E-state index in [9.17, 15) is 0 Å². The summed E-state index contributed by atoms with van der Waals surface area (Å²) in [5, 5.41) is 0. The lowest BCUT2D eigenvalue weighted by Crippen LogP contribution is -2.07. The molecular weight excluding hydrogens is 224 g/mol. The molecule has 0 radical (unpaired) electrons. The molecule has 0 amide bonds. The smallest absolute Gasteiger partial charge is 0.160 e. The van der Waals surface area contributed by atoms with Crippen LogP contribution in [0.15, 0.2) is 69.5 Å². The lowest BCUT2D eigenvalue weighted by Gasteiger charge is -2.10. The van der Waals surface area contributed by atoms with Crippen LogP contribution >= 0.6 is 0 Å². The Hall–Kier alpha value is -2.42. The SMILES string of the molecule is C1=CCC2=C3Oc4ccccc4N=CC3=NC2=C1. The Morgan fingerprint density at radius 2 is 2.11 bits per heavy atom. The van der Waals surface area contributed by atoms with E-state index in [1.54, 1.807) is 6.21 Å². The molecule has 0 saturated heterocycles. The third kappa shape index (κ3) is 1.31. The molecule has 1 aromatic carbocycles. The molecule has 0 atom stereocenters. The number of hydrogen-bond donors (Lipinski definition) is 0. The number of hydrogen-bond acceptors (Lipinski definition) is 3. The van der Waals surface area contributed by atoms with Gasteiger partial charge >= 0.3 is 0 Å². The lowest BCUT2D eigenvalue weighted by atomic mass is 10.0. The number of ether oxygens (including phenoxy) is 1. The zero-order chi connectivity index (χ0) is 11.9. The van der Waals surface area contributed by atoms with E-state index in [2.05, 4.69) is 16.1 Å². The fourth-order valence-corrected chi connectivity index (χ4v) is 2.29. The molecule has 0 N–H and O–H groups in total. The first-order valence-corrected chi connectivity index (χ1v) is 5.92. The number of rotatable bonds is 0. The van der Waals surface area contributed by atoms with Gasteiger partial charge in [-0.25, -0.2) is 4.99 Å². The predicted octanol–water partition coefficient (Wildman–Crippen LogP) is 3.33. The molecule has 1 aromatic rings. The van der Waals surface area contributed by atoms with Gasteiger partial charge < -0.3 is 4.74 Å². The Bertz CT molecular complexity index is 690. The highest BCUT2D eigenvalue weighted by Crippen LogP contribution is 2.37. The van der Waals surface area contributed by atoms with E-state index < -0.39 is 0 Å². The van der Waals surface area contributed by atoms with Crippen molar-refractivity contribution in [2.24, 2.45) is 9.98 Å². The van der Waals surface area contributed by atoms with E-state index in [-0.39, 0.29) is 0 Å². The van der Waals surface area contributed by atoms with Crippen molar-refractivity contribution >= 4 is 17.6 Å². The van der Waals surface area contributed by atoms with Crippen molar-refractivity contribution < 1.29 is 4.74 Å². The van der Waals surface area contributed by atoms with Gasteiger partial charge in [0.1, 0.15) is 11.4 Å². The second kappa shape index (κ2) is 3.53. The monoisotopic (exact) mass is 234 g/mol. The van der Waals surface area contributed by atoms with Gasteiger partial charge in [-0.2, -0.15) is 0 Å². The van der Waals surface area contributed by atoms with Gasteiger partial charge in [0.25, 0.3) is 0 Å². The number of aliphatic imine (C=N–C) groups is 2.